The Morgan fingerprint density at radius 3 is 2.69 bits per heavy atom. The summed E-state index contributed by atoms with van der Waals surface area (Å²) in [6.07, 6.45) is 1.49. The Morgan fingerprint density at radius 1 is 0.972 bits per heavy atom. The smallest absolute Gasteiger partial charge is 0.151 e. The number of aromatic nitrogens is 3. The normalized spacial score (nSPS) is 12.3. The third-order valence-electron chi connectivity index (χ3n) is 6.09. The molecule has 0 radical (unpaired) electrons. The Morgan fingerprint density at radius 2 is 1.83 bits per heavy atom. The molecule has 1 aliphatic rings. The first-order valence-electron chi connectivity index (χ1n) is 11.4. The molecule has 0 spiro atoms. The topological polar surface area (TPSA) is 108 Å². The van der Waals surface area contributed by atoms with Crippen LogP contribution in [0.25, 0.3) is 16.7 Å². The summed E-state index contributed by atoms with van der Waals surface area (Å²) in [5.74, 6) is 2.38. The van der Waals surface area contributed by atoms with Crippen LogP contribution >= 0.6 is 0 Å². The van der Waals surface area contributed by atoms with Crippen LogP contribution in [0, 0.1) is 11.3 Å². The molecule has 5 aromatic rings. The zero-order valence-corrected chi connectivity index (χ0v) is 19.2. The van der Waals surface area contributed by atoms with Gasteiger partial charge in [0.15, 0.2) is 5.82 Å². The van der Waals surface area contributed by atoms with E-state index in [1.807, 2.05) is 60.7 Å². The molecule has 2 N–H and O–H groups in total. The second-order valence-electron chi connectivity index (χ2n) is 8.35. The molecule has 0 saturated carbocycles. The van der Waals surface area contributed by atoms with Gasteiger partial charge >= 0.3 is 0 Å². The van der Waals surface area contributed by atoms with Crippen LogP contribution in [0.4, 0.5) is 5.82 Å². The lowest BCUT2D eigenvalue weighted by Gasteiger charge is -2.12. The minimum absolute atomic E-state index is 0.326. The first-order valence-corrected chi connectivity index (χ1v) is 11.4. The van der Waals surface area contributed by atoms with E-state index in [2.05, 4.69) is 20.6 Å². The zero-order chi connectivity index (χ0) is 24.5. The van der Waals surface area contributed by atoms with Crippen LogP contribution in [0.15, 0.2) is 79.1 Å². The summed E-state index contributed by atoms with van der Waals surface area (Å²) in [5.41, 5.74) is 12.3. The molecule has 0 fully saturated rings. The van der Waals surface area contributed by atoms with Crippen molar-refractivity contribution in [1.29, 1.82) is 5.26 Å². The monoisotopic (exact) mass is 475 g/mol. The number of nitrogens with two attached hydrogens (primary N) is 1. The molecule has 36 heavy (non-hydrogen) atoms. The van der Waals surface area contributed by atoms with Gasteiger partial charge < -0.3 is 24.5 Å². The van der Waals surface area contributed by atoms with E-state index < -0.39 is 0 Å². The van der Waals surface area contributed by atoms with E-state index in [0.717, 1.165) is 33.5 Å². The van der Waals surface area contributed by atoms with Gasteiger partial charge in [0.2, 0.25) is 0 Å². The van der Waals surface area contributed by atoms with Gasteiger partial charge in [-0.25, -0.2) is 9.97 Å². The standard InChI is InChI=1S/C28H21N5O3/c29-13-19-5-1-2-7-25(19)35-14-18-4-3-6-22(12-18)36-21-10-8-20(9-11-21)33-24-16-34-15-23(24)26-27(33)28(30)32-17-31-26/h1-12,17H,14-16H2,(H2,30,31,32). The predicted molar refractivity (Wildman–Crippen MR) is 134 cm³/mol. The molecule has 1 aliphatic heterocycles. The van der Waals surface area contributed by atoms with Crippen molar-refractivity contribution in [2.24, 2.45) is 0 Å². The molecule has 3 aromatic carbocycles. The summed E-state index contributed by atoms with van der Waals surface area (Å²) in [6.45, 7) is 1.34. The Balaban J connectivity index is 1.22. The number of nitriles is 1. The van der Waals surface area contributed by atoms with Gasteiger partial charge in [-0.05, 0) is 54.1 Å². The molecule has 0 aliphatic carbocycles. The van der Waals surface area contributed by atoms with Crippen molar-refractivity contribution in [2.75, 3.05) is 5.73 Å². The maximum Gasteiger partial charge on any atom is 0.151 e. The second-order valence-corrected chi connectivity index (χ2v) is 8.35. The van der Waals surface area contributed by atoms with Crippen molar-refractivity contribution < 1.29 is 14.2 Å². The Labute approximate surface area is 207 Å². The average molecular weight is 476 g/mol. The van der Waals surface area contributed by atoms with Crippen molar-refractivity contribution in [3.8, 4) is 29.0 Å². The fourth-order valence-corrected chi connectivity index (χ4v) is 4.42. The summed E-state index contributed by atoms with van der Waals surface area (Å²) in [5, 5.41) is 9.25. The maximum atomic E-state index is 9.25. The average Bonchev–Trinajstić information content (AvgIpc) is 3.51. The molecule has 0 saturated heterocycles. The number of rotatable bonds is 6. The van der Waals surface area contributed by atoms with Gasteiger partial charge in [-0.1, -0.05) is 24.3 Å². The molecule has 6 rings (SSSR count). The minimum atomic E-state index is 0.326. The van der Waals surface area contributed by atoms with E-state index in [9.17, 15) is 5.26 Å². The quantitative estimate of drug-likeness (QED) is 0.356. The Hall–Kier alpha value is -4.87. The number of anilines is 1. The van der Waals surface area contributed by atoms with Gasteiger partial charge in [-0.3, -0.25) is 0 Å². The number of ether oxygens (including phenoxy) is 3. The van der Waals surface area contributed by atoms with E-state index in [1.165, 1.54) is 6.33 Å². The van der Waals surface area contributed by atoms with Crippen LogP contribution in [0.3, 0.4) is 0 Å². The van der Waals surface area contributed by atoms with E-state index in [0.29, 0.717) is 48.5 Å². The van der Waals surface area contributed by atoms with Crippen LogP contribution in [-0.2, 0) is 24.6 Å². The SMILES string of the molecule is N#Cc1ccccc1OCc1cccc(Oc2ccc(-n3c4c(c5ncnc(N)c53)COC4)cc2)c1. The number of benzene rings is 3. The molecule has 176 valence electrons. The molecule has 3 heterocycles. The van der Waals surface area contributed by atoms with E-state index in [1.54, 1.807) is 12.1 Å². The van der Waals surface area contributed by atoms with Gasteiger partial charge in [0.1, 0.15) is 47.3 Å². The molecular weight excluding hydrogens is 454 g/mol. The molecule has 0 unspecified atom stereocenters. The number of para-hydroxylation sites is 1. The number of hydrogen-bond acceptors (Lipinski definition) is 7. The number of fused-ring (bicyclic) bond motifs is 3. The van der Waals surface area contributed by atoms with Crippen molar-refractivity contribution >= 4 is 16.9 Å². The molecule has 0 bridgehead atoms. The zero-order valence-electron chi connectivity index (χ0n) is 19.2. The number of nitrogen functional groups attached to an aromatic ring is 1. The van der Waals surface area contributed by atoms with Gasteiger partial charge in [0.25, 0.3) is 0 Å². The van der Waals surface area contributed by atoms with Crippen molar-refractivity contribution in [3.05, 3.63) is 102 Å². The third-order valence-corrected chi connectivity index (χ3v) is 6.09. The first-order chi connectivity index (χ1) is 17.7. The highest BCUT2D eigenvalue weighted by Crippen LogP contribution is 2.35. The fraction of sp³-hybridized carbons (Fsp3) is 0.107. The van der Waals surface area contributed by atoms with Crippen LogP contribution in [0.5, 0.6) is 17.2 Å². The third kappa shape index (κ3) is 3.87. The lowest BCUT2D eigenvalue weighted by atomic mass is 10.2. The van der Waals surface area contributed by atoms with E-state index >= 15 is 0 Å². The number of nitrogens with zero attached hydrogens (tertiary/aromatic N) is 4. The summed E-state index contributed by atoms with van der Waals surface area (Å²) >= 11 is 0. The molecule has 8 nitrogen and oxygen atoms in total. The van der Waals surface area contributed by atoms with Crippen molar-refractivity contribution in [1.82, 2.24) is 14.5 Å². The Bertz CT molecular complexity index is 1620. The largest absolute Gasteiger partial charge is 0.488 e. The van der Waals surface area contributed by atoms with Crippen molar-refractivity contribution in [2.45, 2.75) is 19.8 Å². The highest BCUT2D eigenvalue weighted by molar-refractivity contribution is 5.91. The van der Waals surface area contributed by atoms with Crippen LogP contribution in [-0.4, -0.2) is 14.5 Å². The number of hydrogen-bond donors (Lipinski definition) is 1. The van der Waals surface area contributed by atoms with Gasteiger partial charge in [-0.2, -0.15) is 5.26 Å². The van der Waals surface area contributed by atoms with E-state index in [4.69, 9.17) is 19.9 Å². The van der Waals surface area contributed by atoms with Gasteiger partial charge in [0, 0.05) is 11.3 Å². The highest BCUT2D eigenvalue weighted by atomic mass is 16.5. The molecular formula is C28H21N5O3. The molecule has 2 aromatic heterocycles. The maximum absolute atomic E-state index is 9.25. The summed E-state index contributed by atoms with van der Waals surface area (Å²) in [4.78, 5) is 8.63. The molecule has 0 atom stereocenters. The first kappa shape index (κ1) is 21.6. The second kappa shape index (κ2) is 9.06. The van der Waals surface area contributed by atoms with Gasteiger partial charge in [-0.15, -0.1) is 0 Å². The minimum Gasteiger partial charge on any atom is -0.488 e. The van der Waals surface area contributed by atoms with Crippen molar-refractivity contribution in [3.63, 3.8) is 0 Å². The van der Waals surface area contributed by atoms with E-state index in [-0.39, 0.29) is 0 Å². The highest BCUT2D eigenvalue weighted by Gasteiger charge is 2.25. The fourth-order valence-electron chi connectivity index (χ4n) is 4.42. The van der Waals surface area contributed by atoms with Gasteiger partial charge in [0.05, 0.1) is 24.5 Å². The predicted octanol–water partition coefficient (Wildman–Crippen LogP) is 5.28. The molecule has 8 heteroatoms. The van der Waals surface area contributed by atoms with Crippen LogP contribution < -0.4 is 15.2 Å². The lowest BCUT2D eigenvalue weighted by Crippen LogP contribution is -2.03. The summed E-state index contributed by atoms with van der Waals surface area (Å²) in [6, 6.07) is 24.8. The summed E-state index contributed by atoms with van der Waals surface area (Å²) in [7, 11) is 0. The van der Waals surface area contributed by atoms with Crippen LogP contribution in [0.2, 0.25) is 0 Å². The van der Waals surface area contributed by atoms with Crippen LogP contribution in [0.1, 0.15) is 22.4 Å². The Kier molecular flexibility index (Phi) is 5.45. The summed E-state index contributed by atoms with van der Waals surface area (Å²) < 4.78 is 19.7. The molecule has 0 amide bonds. The lowest BCUT2D eigenvalue weighted by molar-refractivity contribution is 0.132.